The maximum Gasteiger partial charge on any atom is 0.243 e. The first-order chi connectivity index (χ1) is 8.70. The van der Waals surface area contributed by atoms with E-state index in [1.807, 2.05) is 0 Å². The summed E-state index contributed by atoms with van der Waals surface area (Å²) in [6.07, 6.45) is 0. The molecule has 1 aromatic rings. The van der Waals surface area contributed by atoms with Crippen molar-refractivity contribution in [2.24, 2.45) is 0 Å². The van der Waals surface area contributed by atoms with Gasteiger partial charge in [-0.3, -0.25) is 0 Å². The van der Waals surface area contributed by atoms with E-state index < -0.39 is 15.6 Å². The zero-order valence-corrected chi connectivity index (χ0v) is 13.8. The Kier molecular flexibility index (Phi) is 5.55. The molecule has 0 fully saturated rings. The minimum atomic E-state index is -3.55. The maximum absolute atomic E-state index is 12.4. The van der Waals surface area contributed by atoms with E-state index in [1.54, 1.807) is 45.0 Å². The third kappa shape index (κ3) is 4.56. The van der Waals surface area contributed by atoms with E-state index in [2.05, 4.69) is 15.9 Å². The predicted molar refractivity (Wildman–Crippen MR) is 79.8 cm³/mol. The van der Waals surface area contributed by atoms with Crippen LogP contribution >= 0.6 is 15.9 Å². The summed E-state index contributed by atoms with van der Waals surface area (Å²) in [5, 5.41) is 10.5. The fourth-order valence-corrected chi connectivity index (χ4v) is 3.68. The lowest BCUT2D eigenvalue weighted by Gasteiger charge is -2.27. The number of hydrogen-bond donors (Lipinski definition) is 1. The summed E-state index contributed by atoms with van der Waals surface area (Å²) in [4.78, 5) is 0.253. The van der Waals surface area contributed by atoms with Gasteiger partial charge >= 0.3 is 0 Å². The monoisotopic (exact) mass is 349 g/mol. The van der Waals surface area contributed by atoms with Crippen molar-refractivity contribution in [3.63, 3.8) is 0 Å². The predicted octanol–water partition coefficient (Wildman–Crippen LogP) is 2.36. The van der Waals surface area contributed by atoms with Crippen LogP contribution in [0.25, 0.3) is 0 Å². The molecule has 0 radical (unpaired) electrons. The van der Waals surface area contributed by atoms with Gasteiger partial charge < -0.3 is 5.11 Å². The molecule has 1 aromatic carbocycles. The van der Waals surface area contributed by atoms with Gasteiger partial charge in [0.05, 0.1) is 10.5 Å². The van der Waals surface area contributed by atoms with Crippen molar-refractivity contribution in [3.05, 3.63) is 29.8 Å². The zero-order valence-electron chi connectivity index (χ0n) is 11.4. The van der Waals surface area contributed by atoms with Gasteiger partial charge in [-0.15, -0.1) is 0 Å². The molecule has 0 heterocycles. The van der Waals surface area contributed by atoms with E-state index in [0.29, 0.717) is 11.9 Å². The third-order valence-corrected chi connectivity index (χ3v) is 5.21. The van der Waals surface area contributed by atoms with Gasteiger partial charge in [-0.25, -0.2) is 8.42 Å². The largest absolute Gasteiger partial charge is 0.389 e. The second-order valence-corrected chi connectivity index (χ2v) is 7.52. The van der Waals surface area contributed by atoms with Crippen molar-refractivity contribution in [3.8, 4) is 0 Å². The molecule has 19 heavy (non-hydrogen) atoms. The van der Waals surface area contributed by atoms with Crippen LogP contribution in [-0.2, 0) is 15.4 Å². The topological polar surface area (TPSA) is 57.6 Å². The average molecular weight is 350 g/mol. The minimum absolute atomic E-state index is 0.0754. The fraction of sp³-hybridized carbons (Fsp3) is 0.538. The SMILES string of the molecule is CCN(CC(C)(C)O)S(=O)(=O)c1ccc(CBr)cc1. The molecular formula is C13H20BrNO3S. The van der Waals surface area contributed by atoms with Crippen LogP contribution in [0, 0.1) is 0 Å². The molecule has 108 valence electrons. The molecule has 0 saturated carbocycles. The average Bonchev–Trinajstić information content (AvgIpc) is 2.34. The number of aliphatic hydroxyl groups is 1. The Hall–Kier alpha value is -0.430. The molecule has 0 bridgehead atoms. The van der Waals surface area contributed by atoms with Crippen molar-refractivity contribution in [2.75, 3.05) is 13.1 Å². The van der Waals surface area contributed by atoms with Gasteiger partial charge in [-0.1, -0.05) is 35.0 Å². The van der Waals surface area contributed by atoms with Gasteiger partial charge in [0.2, 0.25) is 10.0 Å². The molecule has 0 saturated heterocycles. The van der Waals surface area contributed by atoms with E-state index in [9.17, 15) is 13.5 Å². The molecule has 0 aromatic heterocycles. The second-order valence-electron chi connectivity index (χ2n) is 5.02. The van der Waals surface area contributed by atoms with E-state index in [4.69, 9.17) is 0 Å². The Labute approximate surface area is 123 Å². The first kappa shape index (κ1) is 16.6. The lowest BCUT2D eigenvalue weighted by molar-refractivity contribution is 0.0601. The highest BCUT2D eigenvalue weighted by Crippen LogP contribution is 2.19. The standard InChI is InChI=1S/C13H20BrNO3S/c1-4-15(10-13(2,3)16)19(17,18)12-7-5-11(9-14)6-8-12/h5-8,16H,4,9-10H2,1-3H3. The third-order valence-electron chi connectivity index (χ3n) is 2.63. The molecule has 1 N–H and O–H groups in total. The molecule has 4 nitrogen and oxygen atoms in total. The van der Waals surface area contributed by atoms with Crippen LogP contribution in [0.4, 0.5) is 0 Å². The Morgan fingerprint density at radius 1 is 1.26 bits per heavy atom. The Morgan fingerprint density at radius 2 is 1.79 bits per heavy atom. The summed E-state index contributed by atoms with van der Waals surface area (Å²) in [5.74, 6) is 0. The molecule has 0 spiro atoms. The molecule has 1 rings (SSSR count). The molecule has 0 unspecified atom stereocenters. The maximum atomic E-state index is 12.4. The van der Waals surface area contributed by atoms with Gasteiger partial charge in [-0.05, 0) is 31.5 Å². The van der Waals surface area contributed by atoms with Crippen LogP contribution in [0.5, 0.6) is 0 Å². The number of likely N-dealkylation sites (N-methyl/N-ethyl adjacent to an activating group) is 1. The quantitative estimate of drug-likeness (QED) is 0.802. The number of rotatable bonds is 6. The van der Waals surface area contributed by atoms with Gasteiger partial charge in [0.15, 0.2) is 0 Å². The highest BCUT2D eigenvalue weighted by Gasteiger charge is 2.28. The summed E-state index contributed by atoms with van der Waals surface area (Å²) in [5.41, 5.74) is -0.0386. The van der Waals surface area contributed by atoms with Gasteiger partial charge in [-0.2, -0.15) is 4.31 Å². The number of hydrogen-bond acceptors (Lipinski definition) is 3. The zero-order chi connectivity index (χ0) is 14.7. The van der Waals surface area contributed by atoms with E-state index in [1.165, 1.54) is 4.31 Å². The van der Waals surface area contributed by atoms with Crippen LogP contribution in [0.15, 0.2) is 29.2 Å². The number of sulfonamides is 1. The van der Waals surface area contributed by atoms with Crippen LogP contribution in [0.2, 0.25) is 0 Å². The summed E-state index contributed by atoms with van der Waals surface area (Å²) in [6.45, 7) is 5.35. The molecule has 0 amide bonds. The molecule has 0 aliphatic carbocycles. The molecule has 0 aliphatic rings. The fourth-order valence-electron chi connectivity index (χ4n) is 1.70. The van der Waals surface area contributed by atoms with Crippen molar-refractivity contribution in [1.29, 1.82) is 0 Å². The summed E-state index contributed by atoms with van der Waals surface area (Å²) >= 11 is 3.32. The number of alkyl halides is 1. The summed E-state index contributed by atoms with van der Waals surface area (Å²) in [7, 11) is -3.55. The first-order valence-corrected chi connectivity index (χ1v) is 8.64. The molecular weight excluding hydrogens is 330 g/mol. The first-order valence-electron chi connectivity index (χ1n) is 6.08. The highest BCUT2D eigenvalue weighted by atomic mass is 79.9. The van der Waals surface area contributed by atoms with Crippen molar-refractivity contribution in [2.45, 2.75) is 36.6 Å². The number of nitrogens with zero attached hydrogens (tertiary/aromatic N) is 1. The van der Waals surface area contributed by atoms with Crippen molar-refractivity contribution >= 4 is 26.0 Å². The molecule has 6 heteroatoms. The van der Waals surface area contributed by atoms with Crippen LogP contribution < -0.4 is 0 Å². The molecule has 0 aliphatic heterocycles. The van der Waals surface area contributed by atoms with Crippen molar-refractivity contribution < 1.29 is 13.5 Å². The molecule has 0 atom stereocenters. The number of halogens is 1. The van der Waals surface area contributed by atoms with Crippen LogP contribution in [0.3, 0.4) is 0 Å². The van der Waals surface area contributed by atoms with Gasteiger partial charge in [0.1, 0.15) is 0 Å². The second kappa shape index (κ2) is 6.35. The Balaban J connectivity index is 3.06. The number of benzene rings is 1. The minimum Gasteiger partial charge on any atom is -0.389 e. The van der Waals surface area contributed by atoms with Crippen molar-refractivity contribution in [1.82, 2.24) is 4.31 Å². The highest BCUT2D eigenvalue weighted by molar-refractivity contribution is 9.08. The van der Waals surface area contributed by atoms with Crippen LogP contribution in [0.1, 0.15) is 26.3 Å². The smallest absolute Gasteiger partial charge is 0.243 e. The van der Waals surface area contributed by atoms with Gasteiger partial charge in [0, 0.05) is 18.4 Å². The van der Waals surface area contributed by atoms with E-state index in [0.717, 1.165) is 5.56 Å². The van der Waals surface area contributed by atoms with Crippen LogP contribution in [-0.4, -0.2) is 36.5 Å². The lowest BCUT2D eigenvalue weighted by atomic mass is 10.1. The normalized spacial score (nSPS) is 12.9. The summed E-state index contributed by atoms with van der Waals surface area (Å²) in [6, 6.07) is 6.75. The van der Waals surface area contributed by atoms with E-state index in [-0.39, 0.29) is 11.4 Å². The Morgan fingerprint density at radius 3 is 2.16 bits per heavy atom. The van der Waals surface area contributed by atoms with E-state index >= 15 is 0 Å². The summed E-state index contributed by atoms with van der Waals surface area (Å²) < 4.78 is 26.2. The van der Waals surface area contributed by atoms with Gasteiger partial charge in [0.25, 0.3) is 0 Å². The lowest BCUT2D eigenvalue weighted by Crippen LogP contribution is -2.42. The Bertz CT molecular complexity index is 506.